The summed E-state index contributed by atoms with van der Waals surface area (Å²) in [4.78, 5) is 22.9. The van der Waals surface area contributed by atoms with Crippen molar-refractivity contribution < 1.29 is 23.1 Å². The lowest BCUT2D eigenvalue weighted by atomic mass is 10.2. The highest BCUT2D eigenvalue weighted by Crippen LogP contribution is 2.14. The topological polar surface area (TPSA) is 131 Å². The highest BCUT2D eigenvalue weighted by Gasteiger charge is 2.15. The number of hydrogen-bond acceptors (Lipinski definition) is 6. The molecule has 1 heterocycles. The molecule has 2 rings (SSSR count). The van der Waals surface area contributed by atoms with Crippen molar-refractivity contribution in [3.05, 3.63) is 41.7 Å². The first-order chi connectivity index (χ1) is 12.3. The maximum atomic E-state index is 12.1. The van der Waals surface area contributed by atoms with Gasteiger partial charge in [-0.2, -0.15) is 0 Å². The second-order valence-corrected chi connectivity index (χ2v) is 7.79. The fourth-order valence-corrected chi connectivity index (χ4v) is 3.63. The van der Waals surface area contributed by atoms with Gasteiger partial charge in [0.1, 0.15) is 12.2 Å². The molecule has 0 spiro atoms. The zero-order valence-electron chi connectivity index (χ0n) is 14.3. The van der Waals surface area contributed by atoms with Gasteiger partial charge in [-0.25, -0.2) is 13.1 Å². The Kier molecular flexibility index (Phi) is 6.45. The number of carbonyl (C=O) groups excluding carboxylic acids is 1. The van der Waals surface area contributed by atoms with Crippen LogP contribution >= 0.6 is 0 Å². The zero-order chi connectivity index (χ0) is 19.2. The Morgan fingerprint density at radius 2 is 1.92 bits per heavy atom. The van der Waals surface area contributed by atoms with Crippen molar-refractivity contribution in [1.82, 2.24) is 20.3 Å². The number of unbranched alkanes of at least 4 members (excludes halogenated alkanes) is 1. The average Bonchev–Trinajstić information content (AvgIpc) is 3.04. The molecule has 26 heavy (non-hydrogen) atoms. The van der Waals surface area contributed by atoms with Crippen LogP contribution in [0.4, 0.5) is 0 Å². The third-order valence-electron chi connectivity index (χ3n) is 3.56. The van der Waals surface area contributed by atoms with Crippen LogP contribution in [-0.4, -0.2) is 46.1 Å². The van der Waals surface area contributed by atoms with Gasteiger partial charge < -0.3 is 10.4 Å². The van der Waals surface area contributed by atoms with E-state index in [9.17, 15) is 18.0 Å². The summed E-state index contributed by atoms with van der Waals surface area (Å²) in [7, 11) is -3.33. The van der Waals surface area contributed by atoms with Gasteiger partial charge in [-0.05, 0) is 30.7 Å². The predicted octanol–water partition coefficient (Wildman–Crippen LogP) is 0.867. The molecule has 2 N–H and O–H groups in total. The van der Waals surface area contributed by atoms with E-state index in [1.54, 1.807) is 0 Å². The van der Waals surface area contributed by atoms with Crippen LogP contribution in [0, 0.1) is 0 Å². The number of aromatic nitrogens is 3. The summed E-state index contributed by atoms with van der Waals surface area (Å²) in [5.74, 6) is -1.35. The van der Waals surface area contributed by atoms with Gasteiger partial charge in [0, 0.05) is 5.56 Å². The molecule has 0 radical (unpaired) electrons. The Bertz CT molecular complexity index is 874. The summed E-state index contributed by atoms with van der Waals surface area (Å²) >= 11 is 0. The third-order valence-corrected chi connectivity index (χ3v) is 5.37. The fraction of sp³-hybridized carbons (Fsp3) is 0.375. The van der Waals surface area contributed by atoms with Gasteiger partial charge in [0.05, 0.1) is 23.4 Å². The Morgan fingerprint density at radius 1 is 1.23 bits per heavy atom. The van der Waals surface area contributed by atoms with Crippen LogP contribution in [0.3, 0.4) is 0 Å². The number of nitrogens with zero attached hydrogens (tertiary/aromatic N) is 3. The van der Waals surface area contributed by atoms with Crippen LogP contribution in [0.25, 0.3) is 0 Å². The molecule has 1 aromatic carbocycles. The Morgan fingerprint density at radius 3 is 2.54 bits per heavy atom. The van der Waals surface area contributed by atoms with E-state index < -0.39 is 21.7 Å². The molecule has 0 aliphatic rings. The van der Waals surface area contributed by atoms with Crippen LogP contribution < -0.4 is 5.32 Å². The van der Waals surface area contributed by atoms with E-state index in [-0.39, 0.29) is 23.7 Å². The van der Waals surface area contributed by atoms with E-state index in [2.05, 4.69) is 15.6 Å². The molecule has 140 valence electrons. The Labute approximate surface area is 150 Å². The molecule has 0 fully saturated rings. The Hall–Kier alpha value is -2.75. The standard InChI is InChI=1S/C16H20N4O5S/c1-2-3-8-26(24,25)14-6-4-12(5-7-14)16(23)17-9-13-10-20(19-18-13)11-15(21)22/h4-7,10H,2-3,8-9,11H2,1H3,(H,17,23)(H,21,22). The molecule has 0 atom stereocenters. The van der Waals surface area contributed by atoms with E-state index in [1.165, 1.54) is 30.5 Å². The summed E-state index contributed by atoms with van der Waals surface area (Å²) in [6.07, 6.45) is 2.81. The molecule has 2 aromatic rings. The normalized spacial score (nSPS) is 11.3. The van der Waals surface area contributed by atoms with E-state index in [0.717, 1.165) is 11.1 Å². The van der Waals surface area contributed by atoms with Crippen LogP contribution in [0.2, 0.25) is 0 Å². The molecular weight excluding hydrogens is 360 g/mol. The molecular formula is C16H20N4O5S. The minimum absolute atomic E-state index is 0.0784. The zero-order valence-corrected chi connectivity index (χ0v) is 15.1. The monoisotopic (exact) mass is 380 g/mol. The quantitative estimate of drug-likeness (QED) is 0.660. The lowest BCUT2D eigenvalue weighted by molar-refractivity contribution is -0.137. The van der Waals surface area contributed by atoms with Crippen molar-refractivity contribution >= 4 is 21.7 Å². The largest absolute Gasteiger partial charge is 0.480 e. The number of benzene rings is 1. The molecule has 1 amide bonds. The fourth-order valence-electron chi connectivity index (χ4n) is 2.17. The molecule has 10 heteroatoms. The highest BCUT2D eigenvalue weighted by atomic mass is 32.2. The third kappa shape index (κ3) is 5.38. The predicted molar refractivity (Wildman–Crippen MR) is 92.2 cm³/mol. The number of carboxylic acid groups (broad SMARTS) is 1. The average molecular weight is 380 g/mol. The molecule has 0 aliphatic carbocycles. The number of hydrogen-bond donors (Lipinski definition) is 2. The van der Waals surface area contributed by atoms with Gasteiger partial charge in [0.25, 0.3) is 5.91 Å². The van der Waals surface area contributed by atoms with E-state index in [0.29, 0.717) is 17.7 Å². The molecule has 1 aromatic heterocycles. The summed E-state index contributed by atoms with van der Waals surface area (Å²) in [5.41, 5.74) is 0.732. The number of amides is 1. The molecule has 0 bridgehead atoms. The first kappa shape index (κ1) is 19.6. The first-order valence-electron chi connectivity index (χ1n) is 8.03. The van der Waals surface area contributed by atoms with Crippen molar-refractivity contribution in [2.24, 2.45) is 0 Å². The summed E-state index contributed by atoms with van der Waals surface area (Å²) < 4.78 is 25.4. The number of rotatable bonds is 9. The van der Waals surface area contributed by atoms with E-state index in [1.807, 2.05) is 6.92 Å². The minimum Gasteiger partial charge on any atom is -0.480 e. The second-order valence-electron chi connectivity index (χ2n) is 5.68. The number of carbonyl (C=O) groups is 2. The molecule has 0 saturated carbocycles. The summed E-state index contributed by atoms with van der Waals surface area (Å²) in [5, 5.41) is 18.7. The highest BCUT2D eigenvalue weighted by molar-refractivity contribution is 7.91. The SMILES string of the molecule is CCCCS(=O)(=O)c1ccc(C(=O)NCc2cn(CC(=O)O)nn2)cc1. The molecule has 9 nitrogen and oxygen atoms in total. The lowest BCUT2D eigenvalue weighted by Crippen LogP contribution is -2.23. The van der Waals surface area contributed by atoms with E-state index in [4.69, 9.17) is 5.11 Å². The van der Waals surface area contributed by atoms with Gasteiger partial charge >= 0.3 is 5.97 Å². The summed E-state index contributed by atoms with van der Waals surface area (Å²) in [6.45, 7) is 1.69. The van der Waals surface area contributed by atoms with Gasteiger partial charge in [0.2, 0.25) is 0 Å². The van der Waals surface area contributed by atoms with Crippen molar-refractivity contribution in [2.75, 3.05) is 5.75 Å². The molecule has 0 aliphatic heterocycles. The maximum absolute atomic E-state index is 12.1. The number of sulfone groups is 1. The van der Waals surface area contributed by atoms with Gasteiger partial charge in [0.15, 0.2) is 9.84 Å². The number of carboxylic acids is 1. The van der Waals surface area contributed by atoms with Crippen molar-refractivity contribution in [1.29, 1.82) is 0 Å². The summed E-state index contributed by atoms with van der Waals surface area (Å²) in [6, 6.07) is 5.75. The molecule has 0 saturated heterocycles. The lowest BCUT2D eigenvalue weighted by Gasteiger charge is -2.06. The second kappa shape index (κ2) is 8.56. The van der Waals surface area contributed by atoms with Gasteiger partial charge in [-0.15, -0.1) is 5.10 Å². The van der Waals surface area contributed by atoms with Crippen LogP contribution in [0.5, 0.6) is 0 Å². The van der Waals surface area contributed by atoms with Crippen LogP contribution in [-0.2, 0) is 27.7 Å². The van der Waals surface area contributed by atoms with Crippen molar-refractivity contribution in [2.45, 2.75) is 37.8 Å². The number of aliphatic carboxylic acids is 1. The van der Waals surface area contributed by atoms with E-state index >= 15 is 0 Å². The van der Waals surface area contributed by atoms with Crippen LogP contribution in [0.1, 0.15) is 35.8 Å². The smallest absolute Gasteiger partial charge is 0.325 e. The van der Waals surface area contributed by atoms with Crippen molar-refractivity contribution in [3.8, 4) is 0 Å². The minimum atomic E-state index is -3.33. The molecule has 0 unspecified atom stereocenters. The first-order valence-corrected chi connectivity index (χ1v) is 9.69. The van der Waals surface area contributed by atoms with Crippen LogP contribution in [0.15, 0.2) is 35.4 Å². The number of nitrogens with one attached hydrogen (secondary N) is 1. The van der Waals surface area contributed by atoms with Gasteiger partial charge in [-0.1, -0.05) is 18.6 Å². The van der Waals surface area contributed by atoms with Gasteiger partial charge in [-0.3, -0.25) is 9.59 Å². The van der Waals surface area contributed by atoms with Crippen molar-refractivity contribution in [3.63, 3.8) is 0 Å². The maximum Gasteiger partial charge on any atom is 0.325 e. The Balaban J connectivity index is 1.95.